The zero-order chi connectivity index (χ0) is 21.2. The summed E-state index contributed by atoms with van der Waals surface area (Å²) in [6.07, 6.45) is 0.857. The number of nitrogens with one attached hydrogen (secondary N) is 1. The summed E-state index contributed by atoms with van der Waals surface area (Å²) in [6, 6.07) is 15.1. The number of hydrogen-bond acceptors (Lipinski definition) is 3. The average Bonchev–Trinajstić information content (AvgIpc) is 2.72. The Balaban J connectivity index is 2.03. The van der Waals surface area contributed by atoms with E-state index in [0.717, 1.165) is 17.7 Å². The minimum absolute atomic E-state index is 0.0452. The first kappa shape index (κ1) is 23.3. The molecule has 0 saturated heterocycles. The van der Waals surface area contributed by atoms with Crippen molar-refractivity contribution in [3.63, 3.8) is 0 Å². The van der Waals surface area contributed by atoms with Crippen molar-refractivity contribution in [1.82, 2.24) is 10.2 Å². The molecule has 0 aliphatic rings. The highest BCUT2D eigenvalue weighted by Gasteiger charge is 2.25. The van der Waals surface area contributed by atoms with Crippen LogP contribution in [0.4, 0.5) is 0 Å². The first-order valence-corrected chi connectivity index (χ1v) is 11.4. The Hall–Kier alpha value is -1.98. The van der Waals surface area contributed by atoms with E-state index in [1.165, 1.54) is 11.1 Å². The quantitative estimate of drug-likeness (QED) is 0.585. The van der Waals surface area contributed by atoms with Gasteiger partial charge in [0.25, 0.3) is 0 Å². The molecule has 0 saturated carbocycles. The molecule has 0 radical (unpaired) electrons. The monoisotopic (exact) mass is 432 g/mol. The van der Waals surface area contributed by atoms with Gasteiger partial charge in [0.15, 0.2) is 0 Å². The average molecular weight is 433 g/mol. The first-order chi connectivity index (χ1) is 13.9. The highest BCUT2D eigenvalue weighted by molar-refractivity contribution is 7.99. The third-order valence-corrected chi connectivity index (χ3v) is 5.84. The molecule has 0 heterocycles. The van der Waals surface area contributed by atoms with Gasteiger partial charge >= 0.3 is 0 Å². The zero-order valence-electron chi connectivity index (χ0n) is 17.3. The maximum absolute atomic E-state index is 13.0. The second-order valence-corrected chi connectivity index (χ2v) is 8.52. The van der Waals surface area contributed by atoms with Crippen LogP contribution in [0.3, 0.4) is 0 Å². The molecule has 1 atom stereocenters. The van der Waals surface area contributed by atoms with Crippen LogP contribution in [0.2, 0.25) is 5.02 Å². The van der Waals surface area contributed by atoms with Gasteiger partial charge in [-0.1, -0.05) is 60.5 Å². The molecule has 0 aromatic heterocycles. The Morgan fingerprint density at radius 2 is 1.69 bits per heavy atom. The summed E-state index contributed by atoms with van der Waals surface area (Å²) in [4.78, 5) is 27.1. The fourth-order valence-corrected chi connectivity index (χ4v) is 3.79. The molecule has 2 aromatic carbocycles. The van der Waals surface area contributed by atoms with E-state index >= 15 is 0 Å². The third kappa shape index (κ3) is 7.75. The minimum Gasteiger partial charge on any atom is -0.354 e. The van der Waals surface area contributed by atoms with Gasteiger partial charge in [-0.05, 0) is 43.5 Å². The number of halogens is 1. The number of thioether (sulfide) groups is 1. The van der Waals surface area contributed by atoms with Gasteiger partial charge in [0.05, 0.1) is 5.75 Å². The summed E-state index contributed by atoms with van der Waals surface area (Å²) in [5, 5.41) is 3.54. The van der Waals surface area contributed by atoms with Gasteiger partial charge in [-0.3, -0.25) is 9.59 Å². The largest absolute Gasteiger partial charge is 0.354 e. The molecule has 2 aromatic rings. The molecule has 0 spiro atoms. The number of benzene rings is 2. The van der Waals surface area contributed by atoms with Crippen LogP contribution >= 0.6 is 23.4 Å². The predicted molar refractivity (Wildman–Crippen MR) is 122 cm³/mol. The number of aryl methyl sites for hydroxylation is 1. The lowest BCUT2D eigenvalue weighted by Gasteiger charge is -2.28. The maximum atomic E-state index is 13.0. The standard InChI is InChI=1S/C23H29ClN2O2S/c1-4-13-25-23(28)18(3)26(14-19-9-11-21(24)12-10-19)22(27)16-29-15-20-7-5-17(2)6-8-20/h5-12,18H,4,13-16H2,1-3H3,(H,25,28). The van der Waals surface area contributed by atoms with E-state index in [2.05, 4.69) is 36.5 Å². The van der Waals surface area contributed by atoms with Crippen LogP contribution in [0.15, 0.2) is 48.5 Å². The molecule has 2 rings (SSSR count). The van der Waals surface area contributed by atoms with Crippen molar-refractivity contribution in [2.45, 2.75) is 45.5 Å². The van der Waals surface area contributed by atoms with Crippen molar-refractivity contribution in [3.05, 3.63) is 70.2 Å². The van der Waals surface area contributed by atoms with E-state index in [9.17, 15) is 9.59 Å². The molecule has 1 unspecified atom stereocenters. The molecule has 0 aliphatic heterocycles. The highest BCUT2D eigenvalue weighted by atomic mass is 35.5. The molecule has 156 valence electrons. The van der Waals surface area contributed by atoms with E-state index in [-0.39, 0.29) is 11.8 Å². The lowest BCUT2D eigenvalue weighted by molar-refractivity contribution is -0.138. The lowest BCUT2D eigenvalue weighted by atomic mass is 10.1. The van der Waals surface area contributed by atoms with Crippen LogP contribution in [0.1, 0.15) is 37.0 Å². The second-order valence-electron chi connectivity index (χ2n) is 7.09. The molecule has 0 bridgehead atoms. The van der Waals surface area contributed by atoms with Crippen molar-refractivity contribution in [3.8, 4) is 0 Å². The topological polar surface area (TPSA) is 49.4 Å². The molecular formula is C23H29ClN2O2S. The number of amides is 2. The summed E-state index contributed by atoms with van der Waals surface area (Å²) in [7, 11) is 0. The number of carbonyl (C=O) groups excluding carboxylic acids is 2. The Bertz CT molecular complexity index is 794. The molecule has 29 heavy (non-hydrogen) atoms. The van der Waals surface area contributed by atoms with Crippen LogP contribution in [-0.2, 0) is 21.9 Å². The molecule has 1 N–H and O–H groups in total. The first-order valence-electron chi connectivity index (χ1n) is 9.85. The number of nitrogens with zero attached hydrogens (tertiary/aromatic N) is 1. The minimum atomic E-state index is -0.537. The number of rotatable bonds is 10. The molecule has 6 heteroatoms. The van der Waals surface area contributed by atoms with E-state index < -0.39 is 6.04 Å². The molecule has 0 aliphatic carbocycles. The molecule has 0 fully saturated rings. The SMILES string of the molecule is CCCNC(=O)C(C)N(Cc1ccc(Cl)cc1)C(=O)CSCc1ccc(C)cc1. The maximum Gasteiger partial charge on any atom is 0.242 e. The van der Waals surface area contributed by atoms with Gasteiger partial charge in [-0.15, -0.1) is 11.8 Å². The van der Waals surface area contributed by atoms with Crippen LogP contribution in [0.5, 0.6) is 0 Å². The normalized spacial score (nSPS) is 11.7. The molecule has 4 nitrogen and oxygen atoms in total. The van der Waals surface area contributed by atoms with Crippen molar-refractivity contribution in [1.29, 1.82) is 0 Å². The predicted octanol–water partition coefficient (Wildman–Crippen LogP) is 4.83. The summed E-state index contributed by atoms with van der Waals surface area (Å²) in [5.74, 6) is 0.915. The van der Waals surface area contributed by atoms with E-state index in [1.807, 2.05) is 19.1 Å². The number of carbonyl (C=O) groups is 2. The molecule has 2 amide bonds. The lowest BCUT2D eigenvalue weighted by Crippen LogP contribution is -2.48. The Kier molecular flexibility index (Phi) is 9.55. The zero-order valence-corrected chi connectivity index (χ0v) is 18.9. The number of hydrogen-bond donors (Lipinski definition) is 1. The van der Waals surface area contributed by atoms with Gasteiger partial charge in [0.2, 0.25) is 11.8 Å². The Labute approximate surface area is 183 Å². The third-order valence-electron chi connectivity index (χ3n) is 4.60. The fourth-order valence-electron chi connectivity index (χ4n) is 2.79. The fraction of sp³-hybridized carbons (Fsp3) is 0.391. The Morgan fingerprint density at radius 3 is 2.31 bits per heavy atom. The van der Waals surface area contributed by atoms with Gasteiger partial charge in [-0.2, -0.15) is 0 Å². The van der Waals surface area contributed by atoms with Crippen molar-refractivity contribution in [2.75, 3.05) is 12.3 Å². The van der Waals surface area contributed by atoms with Crippen molar-refractivity contribution < 1.29 is 9.59 Å². The summed E-state index contributed by atoms with van der Waals surface area (Å²) >= 11 is 7.53. The second kappa shape index (κ2) is 11.9. The summed E-state index contributed by atoms with van der Waals surface area (Å²) in [5.41, 5.74) is 3.35. The van der Waals surface area contributed by atoms with Gasteiger partial charge < -0.3 is 10.2 Å². The van der Waals surface area contributed by atoms with Gasteiger partial charge in [-0.25, -0.2) is 0 Å². The van der Waals surface area contributed by atoms with Crippen LogP contribution in [-0.4, -0.2) is 35.1 Å². The van der Waals surface area contributed by atoms with Crippen molar-refractivity contribution >= 4 is 35.2 Å². The van der Waals surface area contributed by atoms with Gasteiger partial charge in [0, 0.05) is 23.9 Å². The van der Waals surface area contributed by atoms with Gasteiger partial charge in [0.1, 0.15) is 6.04 Å². The smallest absolute Gasteiger partial charge is 0.242 e. The summed E-state index contributed by atoms with van der Waals surface area (Å²) in [6.45, 7) is 6.82. The van der Waals surface area contributed by atoms with E-state index in [1.54, 1.807) is 35.7 Å². The van der Waals surface area contributed by atoms with Crippen LogP contribution in [0.25, 0.3) is 0 Å². The Morgan fingerprint density at radius 1 is 1.07 bits per heavy atom. The van der Waals surface area contributed by atoms with Crippen molar-refractivity contribution in [2.24, 2.45) is 0 Å². The molecular weight excluding hydrogens is 404 g/mol. The van der Waals surface area contributed by atoms with E-state index in [0.29, 0.717) is 23.9 Å². The highest BCUT2D eigenvalue weighted by Crippen LogP contribution is 2.17. The van der Waals surface area contributed by atoms with E-state index in [4.69, 9.17) is 11.6 Å². The van der Waals surface area contributed by atoms with Crippen LogP contribution < -0.4 is 5.32 Å². The van der Waals surface area contributed by atoms with Crippen LogP contribution in [0, 0.1) is 6.92 Å². The summed E-state index contributed by atoms with van der Waals surface area (Å²) < 4.78 is 0.